The van der Waals surface area contributed by atoms with Crippen LogP contribution in [0.15, 0.2) is 53.4 Å². The molecular formula is C21H20FNO4S. The molecule has 0 bridgehead atoms. The van der Waals surface area contributed by atoms with Gasteiger partial charge in [-0.3, -0.25) is 14.5 Å². The Morgan fingerprint density at radius 3 is 2.21 bits per heavy atom. The highest BCUT2D eigenvalue weighted by Crippen LogP contribution is 2.35. The largest absolute Gasteiger partial charge is 0.497 e. The SMILES string of the molecule is CCSC1=C(c2ccc(F)cc2)C(=O)N(CCOc2ccc(OC)cc2)C1=O. The lowest BCUT2D eigenvalue weighted by Gasteiger charge is -2.15. The number of hydrogen-bond donors (Lipinski definition) is 0. The van der Waals surface area contributed by atoms with E-state index in [2.05, 4.69) is 0 Å². The number of imide groups is 1. The third kappa shape index (κ3) is 4.20. The molecule has 0 aromatic heterocycles. The van der Waals surface area contributed by atoms with Crippen molar-refractivity contribution in [2.75, 3.05) is 26.0 Å². The van der Waals surface area contributed by atoms with Crippen LogP contribution in [0.4, 0.5) is 4.39 Å². The summed E-state index contributed by atoms with van der Waals surface area (Å²) in [6, 6.07) is 12.7. The Morgan fingerprint density at radius 1 is 0.964 bits per heavy atom. The van der Waals surface area contributed by atoms with Crippen LogP contribution in [0.5, 0.6) is 11.5 Å². The third-order valence-electron chi connectivity index (χ3n) is 4.19. The highest BCUT2D eigenvalue weighted by atomic mass is 32.2. The highest BCUT2D eigenvalue weighted by molar-refractivity contribution is 8.04. The van der Waals surface area contributed by atoms with Gasteiger partial charge in [-0.2, -0.15) is 0 Å². The van der Waals surface area contributed by atoms with Crippen LogP contribution in [0.3, 0.4) is 0 Å². The van der Waals surface area contributed by atoms with Crippen LogP contribution >= 0.6 is 11.8 Å². The number of benzene rings is 2. The van der Waals surface area contributed by atoms with E-state index < -0.39 is 5.82 Å². The van der Waals surface area contributed by atoms with Crippen molar-refractivity contribution in [2.45, 2.75) is 6.92 Å². The number of nitrogens with zero attached hydrogens (tertiary/aromatic N) is 1. The van der Waals surface area contributed by atoms with Crippen molar-refractivity contribution in [3.63, 3.8) is 0 Å². The molecule has 2 amide bonds. The molecular weight excluding hydrogens is 381 g/mol. The molecule has 5 nitrogen and oxygen atoms in total. The van der Waals surface area contributed by atoms with E-state index in [0.29, 0.717) is 33.3 Å². The first-order valence-electron chi connectivity index (χ1n) is 8.81. The molecule has 2 aromatic rings. The third-order valence-corrected chi connectivity index (χ3v) is 5.15. The fourth-order valence-electron chi connectivity index (χ4n) is 2.83. The van der Waals surface area contributed by atoms with Gasteiger partial charge in [-0.15, -0.1) is 11.8 Å². The van der Waals surface area contributed by atoms with Crippen molar-refractivity contribution < 1.29 is 23.5 Å². The van der Waals surface area contributed by atoms with Crippen LogP contribution in [-0.4, -0.2) is 42.7 Å². The number of methoxy groups -OCH3 is 1. The highest BCUT2D eigenvalue weighted by Gasteiger charge is 2.38. The minimum Gasteiger partial charge on any atom is -0.497 e. The van der Waals surface area contributed by atoms with Gasteiger partial charge in [0.25, 0.3) is 11.8 Å². The molecule has 0 unspecified atom stereocenters. The molecule has 1 heterocycles. The van der Waals surface area contributed by atoms with Crippen LogP contribution in [0, 0.1) is 5.82 Å². The number of amides is 2. The van der Waals surface area contributed by atoms with Crippen LogP contribution in [0.25, 0.3) is 5.57 Å². The Balaban J connectivity index is 1.72. The van der Waals surface area contributed by atoms with Gasteiger partial charge in [0.05, 0.1) is 24.1 Å². The Kier molecular flexibility index (Phi) is 6.36. The summed E-state index contributed by atoms with van der Waals surface area (Å²) >= 11 is 1.31. The fraction of sp³-hybridized carbons (Fsp3) is 0.238. The zero-order valence-electron chi connectivity index (χ0n) is 15.6. The summed E-state index contributed by atoms with van der Waals surface area (Å²) in [6.07, 6.45) is 0. The minimum atomic E-state index is -0.393. The first-order chi connectivity index (χ1) is 13.5. The zero-order chi connectivity index (χ0) is 20.1. The van der Waals surface area contributed by atoms with Crippen molar-refractivity contribution in [1.29, 1.82) is 0 Å². The molecule has 1 aliphatic rings. The fourth-order valence-corrected chi connectivity index (χ4v) is 3.70. The van der Waals surface area contributed by atoms with Gasteiger partial charge in [-0.1, -0.05) is 19.1 Å². The smallest absolute Gasteiger partial charge is 0.268 e. The zero-order valence-corrected chi connectivity index (χ0v) is 16.4. The number of halogens is 1. The van der Waals surface area contributed by atoms with Crippen molar-refractivity contribution in [3.05, 3.63) is 64.8 Å². The molecule has 0 saturated heterocycles. The first kappa shape index (κ1) is 19.9. The van der Waals surface area contributed by atoms with Gasteiger partial charge in [-0.25, -0.2) is 4.39 Å². The van der Waals surface area contributed by atoms with Gasteiger partial charge in [0.1, 0.15) is 23.9 Å². The number of ether oxygens (including phenoxy) is 2. The molecule has 0 atom stereocenters. The molecule has 0 spiro atoms. The topological polar surface area (TPSA) is 55.8 Å². The monoisotopic (exact) mass is 401 g/mol. The van der Waals surface area contributed by atoms with E-state index in [9.17, 15) is 14.0 Å². The molecule has 2 aromatic carbocycles. The van der Waals surface area contributed by atoms with Gasteiger partial charge in [0.2, 0.25) is 0 Å². The maximum atomic E-state index is 13.2. The number of hydrogen-bond acceptors (Lipinski definition) is 5. The summed E-state index contributed by atoms with van der Waals surface area (Å²) in [5, 5.41) is 0. The lowest BCUT2D eigenvalue weighted by Crippen LogP contribution is -2.35. The van der Waals surface area contributed by atoms with Crippen molar-refractivity contribution >= 4 is 29.1 Å². The van der Waals surface area contributed by atoms with E-state index >= 15 is 0 Å². The molecule has 0 saturated carbocycles. The average Bonchev–Trinajstić information content (AvgIpc) is 2.94. The number of thioether (sulfide) groups is 1. The Hall–Kier alpha value is -2.80. The van der Waals surface area contributed by atoms with Crippen LogP contribution in [-0.2, 0) is 9.59 Å². The lowest BCUT2D eigenvalue weighted by atomic mass is 10.1. The van der Waals surface area contributed by atoms with Crippen molar-refractivity contribution in [1.82, 2.24) is 4.90 Å². The summed E-state index contributed by atoms with van der Waals surface area (Å²) in [6.45, 7) is 2.21. The Labute approximate surface area is 167 Å². The van der Waals surface area contributed by atoms with Crippen molar-refractivity contribution in [2.24, 2.45) is 0 Å². The van der Waals surface area contributed by atoms with Crippen LogP contribution in [0.2, 0.25) is 0 Å². The van der Waals surface area contributed by atoms with Crippen LogP contribution < -0.4 is 9.47 Å². The molecule has 3 rings (SSSR count). The molecule has 0 radical (unpaired) electrons. The predicted octanol–water partition coefficient (Wildman–Crippen LogP) is 3.75. The van der Waals surface area contributed by atoms with E-state index in [-0.39, 0.29) is 25.0 Å². The van der Waals surface area contributed by atoms with E-state index in [1.165, 1.54) is 40.9 Å². The molecule has 0 N–H and O–H groups in total. The summed E-state index contributed by atoms with van der Waals surface area (Å²) in [5.74, 6) is 0.868. The maximum Gasteiger partial charge on any atom is 0.268 e. The van der Waals surface area contributed by atoms with E-state index in [1.807, 2.05) is 6.92 Å². The molecule has 0 fully saturated rings. The van der Waals surface area contributed by atoms with Gasteiger partial charge in [0.15, 0.2) is 0 Å². The second-order valence-corrected chi connectivity index (χ2v) is 7.20. The molecule has 1 aliphatic heterocycles. The standard InChI is InChI=1S/C21H20FNO4S/c1-3-28-19-18(14-4-6-15(22)7-5-14)20(24)23(21(19)25)12-13-27-17-10-8-16(26-2)9-11-17/h4-11H,3,12-13H2,1-2H3. The number of carbonyl (C=O) groups excluding carboxylic acids is 2. The summed E-state index contributed by atoms with van der Waals surface area (Å²) < 4.78 is 24.0. The van der Waals surface area contributed by atoms with Gasteiger partial charge in [-0.05, 0) is 47.7 Å². The first-order valence-corrected chi connectivity index (χ1v) is 9.79. The summed E-state index contributed by atoms with van der Waals surface area (Å²) in [7, 11) is 1.58. The maximum absolute atomic E-state index is 13.2. The average molecular weight is 401 g/mol. The predicted molar refractivity (Wildman–Crippen MR) is 107 cm³/mol. The summed E-state index contributed by atoms with van der Waals surface area (Å²) in [4.78, 5) is 27.2. The molecule has 146 valence electrons. The molecule has 0 aliphatic carbocycles. The molecule has 7 heteroatoms. The van der Waals surface area contributed by atoms with Crippen molar-refractivity contribution in [3.8, 4) is 11.5 Å². The quantitative estimate of drug-likeness (QED) is 0.631. The van der Waals surface area contributed by atoms with Gasteiger partial charge >= 0.3 is 0 Å². The van der Waals surface area contributed by atoms with E-state index in [4.69, 9.17) is 9.47 Å². The Bertz CT molecular complexity index is 894. The second-order valence-electron chi connectivity index (χ2n) is 5.93. The summed E-state index contributed by atoms with van der Waals surface area (Å²) in [5.41, 5.74) is 0.857. The number of rotatable bonds is 8. The Morgan fingerprint density at radius 2 is 1.61 bits per heavy atom. The van der Waals surface area contributed by atoms with Gasteiger partial charge in [0, 0.05) is 0 Å². The van der Waals surface area contributed by atoms with Crippen LogP contribution in [0.1, 0.15) is 12.5 Å². The van der Waals surface area contributed by atoms with Gasteiger partial charge < -0.3 is 9.47 Å². The minimum absolute atomic E-state index is 0.127. The number of carbonyl (C=O) groups is 2. The second kappa shape index (κ2) is 8.93. The van der Waals surface area contributed by atoms with E-state index in [0.717, 1.165) is 0 Å². The molecule has 28 heavy (non-hydrogen) atoms. The lowest BCUT2D eigenvalue weighted by molar-refractivity contribution is -0.136. The normalized spacial score (nSPS) is 14.0. The van der Waals surface area contributed by atoms with E-state index in [1.54, 1.807) is 31.4 Å².